The number of amides is 1. The third-order valence-corrected chi connectivity index (χ3v) is 2.19. The Morgan fingerprint density at radius 2 is 1.94 bits per heavy atom. The van der Waals surface area contributed by atoms with Gasteiger partial charge in [0.05, 0.1) is 6.04 Å². The van der Waals surface area contributed by atoms with E-state index < -0.39 is 12.0 Å². The summed E-state index contributed by atoms with van der Waals surface area (Å²) in [5.74, 6) is -1.15. The molecule has 0 aromatic heterocycles. The van der Waals surface area contributed by atoms with Gasteiger partial charge in [-0.05, 0) is 19.3 Å². The fraction of sp³-hybridized carbons (Fsp3) is 0.700. The number of unbranched alkanes of at least 4 members (excludes halogenated alkanes) is 1. The fourth-order valence-corrected chi connectivity index (χ4v) is 1.21. The summed E-state index contributed by atoms with van der Waals surface area (Å²) in [6, 6.07) is -0.660. The van der Waals surface area contributed by atoms with E-state index in [1.54, 1.807) is 0 Å². The predicted molar refractivity (Wildman–Crippen MR) is 67.8 cm³/mol. The van der Waals surface area contributed by atoms with Crippen LogP contribution in [0.2, 0.25) is 0 Å². The van der Waals surface area contributed by atoms with E-state index in [-0.39, 0.29) is 18.3 Å². The average Bonchev–Trinajstić information content (AvgIpc) is 2.27. The van der Waals surface area contributed by atoms with Crippen molar-refractivity contribution in [2.75, 3.05) is 13.1 Å². The fourth-order valence-electron chi connectivity index (χ4n) is 1.21. The zero-order chi connectivity index (χ0) is 14.0. The maximum atomic E-state index is 11.5. The number of rotatable bonds is 9. The van der Waals surface area contributed by atoms with Crippen LogP contribution in [0.4, 0.5) is 0 Å². The molecule has 8 nitrogen and oxygen atoms in total. The molecule has 1 unspecified atom stereocenters. The second-order valence-electron chi connectivity index (χ2n) is 3.84. The summed E-state index contributed by atoms with van der Waals surface area (Å²) in [5.41, 5.74) is 15.9. The van der Waals surface area contributed by atoms with Crippen molar-refractivity contribution in [3.63, 3.8) is 0 Å². The molecule has 0 saturated heterocycles. The molecule has 0 fully saturated rings. The zero-order valence-electron chi connectivity index (χ0n) is 10.3. The highest BCUT2D eigenvalue weighted by Gasteiger charge is 2.11. The lowest BCUT2D eigenvalue weighted by Crippen LogP contribution is -2.41. The highest BCUT2D eigenvalue weighted by Crippen LogP contribution is 1.94. The number of carboxylic acids is 1. The number of nitrogens with zero attached hydrogens (tertiary/aromatic N) is 1. The maximum absolute atomic E-state index is 11.5. The minimum Gasteiger partial charge on any atom is -0.481 e. The van der Waals surface area contributed by atoms with Gasteiger partial charge < -0.3 is 27.6 Å². The van der Waals surface area contributed by atoms with Crippen molar-refractivity contribution in [2.45, 2.75) is 31.7 Å². The number of guanidine groups is 1. The number of nitrogens with two attached hydrogens (primary N) is 3. The van der Waals surface area contributed by atoms with Gasteiger partial charge in [0, 0.05) is 19.5 Å². The number of carbonyl (C=O) groups excluding carboxylic acids is 1. The number of carbonyl (C=O) groups is 2. The molecule has 0 saturated carbocycles. The maximum Gasteiger partial charge on any atom is 0.303 e. The normalized spacial score (nSPS) is 11.6. The van der Waals surface area contributed by atoms with Gasteiger partial charge in [0.2, 0.25) is 5.91 Å². The molecular weight excluding hydrogens is 238 g/mol. The van der Waals surface area contributed by atoms with Crippen LogP contribution in [0.3, 0.4) is 0 Å². The van der Waals surface area contributed by atoms with E-state index in [9.17, 15) is 9.59 Å². The highest BCUT2D eigenvalue weighted by molar-refractivity contribution is 5.81. The molecule has 0 aromatic carbocycles. The van der Waals surface area contributed by atoms with E-state index >= 15 is 0 Å². The lowest BCUT2D eigenvalue weighted by atomic mass is 10.2. The highest BCUT2D eigenvalue weighted by atomic mass is 16.4. The molecule has 104 valence electrons. The molecule has 0 aromatic rings. The molecule has 0 aliphatic carbocycles. The largest absolute Gasteiger partial charge is 0.481 e. The molecule has 18 heavy (non-hydrogen) atoms. The zero-order valence-corrected chi connectivity index (χ0v) is 10.3. The first-order valence-corrected chi connectivity index (χ1v) is 5.74. The van der Waals surface area contributed by atoms with Gasteiger partial charge in [-0.2, -0.15) is 0 Å². The van der Waals surface area contributed by atoms with Crippen LogP contribution in [0.25, 0.3) is 0 Å². The van der Waals surface area contributed by atoms with Gasteiger partial charge in [-0.1, -0.05) is 0 Å². The van der Waals surface area contributed by atoms with Crippen LogP contribution in [0.15, 0.2) is 4.99 Å². The van der Waals surface area contributed by atoms with Gasteiger partial charge in [0.15, 0.2) is 5.96 Å². The van der Waals surface area contributed by atoms with Gasteiger partial charge in [-0.15, -0.1) is 0 Å². The first kappa shape index (κ1) is 16.2. The summed E-state index contributed by atoms with van der Waals surface area (Å²) < 4.78 is 0. The van der Waals surface area contributed by atoms with Crippen LogP contribution < -0.4 is 22.5 Å². The van der Waals surface area contributed by atoms with Crippen LogP contribution in [0, 0.1) is 0 Å². The van der Waals surface area contributed by atoms with Crippen molar-refractivity contribution in [3.05, 3.63) is 0 Å². The number of aliphatic carboxylic acids is 1. The van der Waals surface area contributed by atoms with Crippen molar-refractivity contribution in [2.24, 2.45) is 22.2 Å². The Kier molecular flexibility index (Phi) is 8.29. The van der Waals surface area contributed by atoms with E-state index in [2.05, 4.69) is 10.3 Å². The first-order valence-electron chi connectivity index (χ1n) is 5.74. The number of carboxylic acid groups (broad SMARTS) is 1. The molecule has 8 N–H and O–H groups in total. The van der Waals surface area contributed by atoms with Crippen LogP contribution in [-0.2, 0) is 9.59 Å². The molecule has 0 heterocycles. The number of hydrogen-bond donors (Lipinski definition) is 5. The lowest BCUT2D eigenvalue weighted by Gasteiger charge is -2.10. The van der Waals surface area contributed by atoms with Crippen LogP contribution >= 0.6 is 0 Å². The monoisotopic (exact) mass is 259 g/mol. The summed E-state index contributed by atoms with van der Waals surface area (Å²) in [6.45, 7) is 0.720. The van der Waals surface area contributed by atoms with Crippen molar-refractivity contribution in [1.29, 1.82) is 0 Å². The molecule has 0 aliphatic rings. The summed E-state index contributed by atoms with van der Waals surface area (Å²) in [4.78, 5) is 25.4. The van der Waals surface area contributed by atoms with Gasteiger partial charge in [0.1, 0.15) is 0 Å². The summed E-state index contributed by atoms with van der Waals surface area (Å²) in [6.07, 6.45) is 1.60. The quantitative estimate of drug-likeness (QED) is 0.189. The molecule has 0 bridgehead atoms. The topological polar surface area (TPSA) is 157 Å². The number of nitrogens with one attached hydrogen (secondary N) is 1. The Labute approximate surface area is 106 Å². The van der Waals surface area contributed by atoms with Crippen LogP contribution in [0.5, 0.6) is 0 Å². The third kappa shape index (κ3) is 9.40. The summed E-state index contributed by atoms with van der Waals surface area (Å²) >= 11 is 0. The summed E-state index contributed by atoms with van der Waals surface area (Å²) in [7, 11) is 0. The Balaban J connectivity index is 3.62. The first-order chi connectivity index (χ1) is 8.43. The third-order valence-electron chi connectivity index (χ3n) is 2.19. The van der Waals surface area contributed by atoms with Crippen molar-refractivity contribution in [1.82, 2.24) is 5.32 Å². The smallest absolute Gasteiger partial charge is 0.303 e. The van der Waals surface area contributed by atoms with Crippen molar-refractivity contribution in [3.8, 4) is 0 Å². The molecule has 0 rings (SSSR count). The SMILES string of the molecule is NC(N)=NCCC(N)C(=O)NCCCCC(=O)O. The van der Waals surface area contributed by atoms with E-state index in [4.69, 9.17) is 22.3 Å². The molecule has 0 aliphatic heterocycles. The van der Waals surface area contributed by atoms with Crippen molar-refractivity contribution >= 4 is 17.8 Å². The minimum absolute atomic E-state index is 0.0312. The molecule has 1 amide bonds. The second-order valence-corrected chi connectivity index (χ2v) is 3.84. The van der Waals surface area contributed by atoms with Gasteiger partial charge >= 0.3 is 5.97 Å². The summed E-state index contributed by atoms with van der Waals surface area (Å²) in [5, 5.41) is 11.0. The van der Waals surface area contributed by atoms with Gasteiger partial charge in [-0.3, -0.25) is 14.6 Å². The van der Waals surface area contributed by atoms with E-state index in [0.717, 1.165) is 0 Å². The second kappa shape index (κ2) is 9.23. The molecular formula is C10H21N5O3. The van der Waals surface area contributed by atoms with Crippen LogP contribution in [0.1, 0.15) is 25.7 Å². The van der Waals surface area contributed by atoms with Gasteiger partial charge in [0.25, 0.3) is 0 Å². The molecule has 0 radical (unpaired) electrons. The van der Waals surface area contributed by atoms with Gasteiger partial charge in [-0.25, -0.2) is 0 Å². The predicted octanol–water partition coefficient (Wildman–Crippen LogP) is -1.65. The number of hydrogen-bond acceptors (Lipinski definition) is 4. The van der Waals surface area contributed by atoms with E-state index in [0.29, 0.717) is 32.4 Å². The van der Waals surface area contributed by atoms with E-state index in [1.165, 1.54) is 0 Å². The Morgan fingerprint density at radius 1 is 1.28 bits per heavy atom. The molecule has 8 heteroatoms. The Bertz CT molecular complexity index is 302. The lowest BCUT2D eigenvalue weighted by molar-refractivity contribution is -0.137. The Hall–Kier alpha value is -1.83. The Morgan fingerprint density at radius 3 is 2.50 bits per heavy atom. The van der Waals surface area contributed by atoms with Crippen LogP contribution in [-0.4, -0.2) is 42.1 Å². The minimum atomic E-state index is -0.838. The number of aliphatic imine (C=N–C) groups is 1. The molecule has 1 atom stereocenters. The standard InChI is InChI=1S/C10H21N5O3/c11-7(4-6-15-10(12)13)9(18)14-5-2-1-3-8(16)17/h7H,1-6,11H2,(H,14,18)(H,16,17)(H4,12,13,15). The van der Waals surface area contributed by atoms with E-state index in [1.807, 2.05) is 0 Å². The molecule has 0 spiro atoms. The van der Waals surface area contributed by atoms with Crippen molar-refractivity contribution < 1.29 is 14.7 Å². The average molecular weight is 259 g/mol.